The third-order valence-electron chi connectivity index (χ3n) is 3.91. The normalized spacial score (nSPS) is 10.4. The molecule has 0 unspecified atom stereocenters. The number of methoxy groups -OCH3 is 1. The maximum absolute atomic E-state index is 12.6. The van der Waals surface area contributed by atoms with Gasteiger partial charge >= 0.3 is 0 Å². The molecule has 0 fully saturated rings. The number of hydrogen-bond donors (Lipinski definition) is 1. The van der Waals surface area contributed by atoms with Crippen molar-refractivity contribution in [3.05, 3.63) is 86.9 Å². The van der Waals surface area contributed by atoms with Crippen molar-refractivity contribution in [1.82, 2.24) is 0 Å². The van der Waals surface area contributed by atoms with Crippen molar-refractivity contribution in [2.24, 2.45) is 0 Å². The molecule has 7 heteroatoms. The number of nitrogens with one attached hydrogen (secondary N) is 1. The minimum absolute atomic E-state index is 0.215. The van der Waals surface area contributed by atoms with Crippen LogP contribution in [0.2, 0.25) is 15.1 Å². The Bertz CT molecular complexity index is 1010. The van der Waals surface area contributed by atoms with Gasteiger partial charge in [-0.3, -0.25) is 4.79 Å². The van der Waals surface area contributed by atoms with Crippen molar-refractivity contribution in [2.75, 3.05) is 12.4 Å². The molecular weight excluding hydrogens is 421 g/mol. The summed E-state index contributed by atoms with van der Waals surface area (Å²) < 4.78 is 11.1. The van der Waals surface area contributed by atoms with Gasteiger partial charge in [0, 0.05) is 21.2 Å². The molecule has 1 N–H and O–H groups in total. The highest BCUT2D eigenvalue weighted by atomic mass is 35.5. The van der Waals surface area contributed by atoms with Crippen molar-refractivity contribution < 1.29 is 14.3 Å². The van der Waals surface area contributed by atoms with E-state index in [4.69, 9.17) is 44.3 Å². The second-order valence-electron chi connectivity index (χ2n) is 5.85. The molecule has 3 aromatic rings. The first-order valence-electron chi connectivity index (χ1n) is 8.28. The second-order valence-corrected chi connectivity index (χ2v) is 7.13. The van der Waals surface area contributed by atoms with E-state index in [0.29, 0.717) is 37.8 Å². The standard InChI is InChI=1S/C21H16Cl3NO3/c1-27-20-8-5-13(21(26)25-19-7-6-16(23)11-18(19)24)9-14(20)12-28-17-4-2-3-15(22)10-17/h2-11H,12H2,1H3,(H,25,26). The lowest BCUT2D eigenvalue weighted by Gasteiger charge is -2.13. The van der Waals surface area contributed by atoms with E-state index in [9.17, 15) is 4.79 Å². The number of carbonyl (C=O) groups excluding carboxylic acids is 1. The summed E-state index contributed by atoms with van der Waals surface area (Å²) in [5.41, 5.74) is 1.64. The summed E-state index contributed by atoms with van der Waals surface area (Å²) in [7, 11) is 1.56. The van der Waals surface area contributed by atoms with Crippen LogP contribution in [-0.2, 0) is 6.61 Å². The van der Waals surface area contributed by atoms with E-state index in [-0.39, 0.29) is 12.5 Å². The van der Waals surface area contributed by atoms with Crippen LogP contribution in [0.4, 0.5) is 5.69 Å². The number of rotatable bonds is 6. The molecule has 0 radical (unpaired) electrons. The Morgan fingerprint density at radius 3 is 2.46 bits per heavy atom. The summed E-state index contributed by atoms with van der Waals surface area (Å²) in [6.45, 7) is 0.215. The van der Waals surface area contributed by atoms with E-state index in [1.165, 1.54) is 0 Å². The molecule has 0 bridgehead atoms. The topological polar surface area (TPSA) is 47.6 Å². The van der Waals surface area contributed by atoms with Gasteiger partial charge in [0.05, 0.1) is 17.8 Å². The van der Waals surface area contributed by atoms with Gasteiger partial charge in [0.15, 0.2) is 0 Å². The summed E-state index contributed by atoms with van der Waals surface area (Å²) in [4.78, 5) is 12.6. The van der Waals surface area contributed by atoms with Gasteiger partial charge < -0.3 is 14.8 Å². The van der Waals surface area contributed by atoms with Crippen molar-refractivity contribution >= 4 is 46.4 Å². The Hall–Kier alpha value is -2.40. The summed E-state index contributed by atoms with van der Waals surface area (Å²) in [6.07, 6.45) is 0. The summed E-state index contributed by atoms with van der Waals surface area (Å²) in [6, 6.07) is 17.0. The Labute approximate surface area is 177 Å². The molecule has 0 saturated heterocycles. The number of halogens is 3. The van der Waals surface area contributed by atoms with Crippen LogP contribution in [0.3, 0.4) is 0 Å². The van der Waals surface area contributed by atoms with Gasteiger partial charge in [0.2, 0.25) is 0 Å². The third-order valence-corrected chi connectivity index (χ3v) is 4.70. The number of amides is 1. The molecule has 3 rings (SSSR count). The molecule has 0 saturated carbocycles. The van der Waals surface area contributed by atoms with Crippen molar-refractivity contribution in [3.8, 4) is 11.5 Å². The highest BCUT2D eigenvalue weighted by Crippen LogP contribution is 2.27. The number of carbonyl (C=O) groups is 1. The molecule has 4 nitrogen and oxygen atoms in total. The van der Waals surface area contributed by atoms with Crippen LogP contribution in [0.1, 0.15) is 15.9 Å². The minimum Gasteiger partial charge on any atom is -0.496 e. The molecule has 144 valence electrons. The Morgan fingerprint density at radius 1 is 0.964 bits per heavy atom. The van der Waals surface area contributed by atoms with Gasteiger partial charge in [-0.05, 0) is 54.6 Å². The molecule has 1 amide bonds. The van der Waals surface area contributed by atoms with Crippen molar-refractivity contribution in [3.63, 3.8) is 0 Å². The summed E-state index contributed by atoms with van der Waals surface area (Å²) in [5.74, 6) is 0.927. The zero-order chi connectivity index (χ0) is 20.1. The number of anilines is 1. The van der Waals surface area contributed by atoms with E-state index < -0.39 is 0 Å². The van der Waals surface area contributed by atoms with Gasteiger partial charge in [-0.25, -0.2) is 0 Å². The fourth-order valence-corrected chi connectivity index (χ4v) is 3.17. The highest BCUT2D eigenvalue weighted by Gasteiger charge is 2.13. The Kier molecular flexibility index (Phi) is 6.68. The fraction of sp³-hybridized carbons (Fsp3) is 0.0952. The molecule has 28 heavy (non-hydrogen) atoms. The quantitative estimate of drug-likeness (QED) is 0.480. The van der Waals surface area contributed by atoms with Crippen LogP contribution in [-0.4, -0.2) is 13.0 Å². The average molecular weight is 437 g/mol. The molecule has 3 aromatic carbocycles. The molecule has 0 atom stereocenters. The Balaban J connectivity index is 1.78. The van der Waals surface area contributed by atoms with Gasteiger partial charge in [-0.2, -0.15) is 0 Å². The largest absolute Gasteiger partial charge is 0.496 e. The first kappa shape index (κ1) is 20.3. The number of hydrogen-bond acceptors (Lipinski definition) is 3. The maximum atomic E-state index is 12.6. The average Bonchev–Trinajstić information content (AvgIpc) is 2.68. The third kappa shape index (κ3) is 5.10. The number of ether oxygens (including phenoxy) is 2. The van der Waals surface area contributed by atoms with Crippen LogP contribution in [0.15, 0.2) is 60.7 Å². The maximum Gasteiger partial charge on any atom is 0.255 e. The highest BCUT2D eigenvalue weighted by molar-refractivity contribution is 6.36. The SMILES string of the molecule is COc1ccc(C(=O)Nc2ccc(Cl)cc2Cl)cc1COc1cccc(Cl)c1. The predicted octanol–water partition coefficient (Wildman–Crippen LogP) is 6.49. The van der Waals surface area contributed by atoms with Crippen molar-refractivity contribution in [2.45, 2.75) is 6.61 Å². The van der Waals surface area contributed by atoms with Gasteiger partial charge in [-0.1, -0.05) is 40.9 Å². The smallest absolute Gasteiger partial charge is 0.255 e. The first-order chi connectivity index (χ1) is 13.5. The molecule has 0 spiro atoms. The van der Waals surface area contributed by atoms with E-state index in [1.807, 2.05) is 0 Å². The van der Waals surface area contributed by atoms with Crippen LogP contribution in [0, 0.1) is 0 Å². The van der Waals surface area contributed by atoms with Gasteiger partial charge in [0.25, 0.3) is 5.91 Å². The molecule has 0 aliphatic carbocycles. The van der Waals surface area contributed by atoms with E-state index in [1.54, 1.807) is 67.8 Å². The first-order valence-corrected chi connectivity index (χ1v) is 9.41. The predicted molar refractivity (Wildman–Crippen MR) is 113 cm³/mol. The van der Waals surface area contributed by atoms with Gasteiger partial charge in [0.1, 0.15) is 18.1 Å². The molecule has 0 heterocycles. The zero-order valence-electron chi connectivity index (χ0n) is 14.8. The van der Waals surface area contributed by atoms with E-state index in [2.05, 4.69) is 5.32 Å². The second kappa shape index (κ2) is 9.20. The molecule has 0 aliphatic rings. The molecular formula is C21H16Cl3NO3. The van der Waals surface area contributed by atoms with E-state index >= 15 is 0 Å². The molecule has 0 aliphatic heterocycles. The minimum atomic E-state index is -0.309. The molecule has 0 aromatic heterocycles. The lowest BCUT2D eigenvalue weighted by Crippen LogP contribution is -2.13. The monoisotopic (exact) mass is 435 g/mol. The zero-order valence-corrected chi connectivity index (χ0v) is 17.1. The summed E-state index contributed by atoms with van der Waals surface area (Å²) in [5, 5.41) is 4.21. The van der Waals surface area contributed by atoms with Crippen LogP contribution in [0.25, 0.3) is 0 Å². The fourth-order valence-electron chi connectivity index (χ4n) is 2.54. The van der Waals surface area contributed by atoms with Gasteiger partial charge in [-0.15, -0.1) is 0 Å². The summed E-state index contributed by atoms with van der Waals surface area (Å²) >= 11 is 18.0. The Morgan fingerprint density at radius 2 is 1.75 bits per heavy atom. The lowest BCUT2D eigenvalue weighted by atomic mass is 10.1. The van der Waals surface area contributed by atoms with Crippen LogP contribution >= 0.6 is 34.8 Å². The number of benzene rings is 3. The van der Waals surface area contributed by atoms with Crippen LogP contribution < -0.4 is 14.8 Å². The van der Waals surface area contributed by atoms with Crippen molar-refractivity contribution in [1.29, 1.82) is 0 Å². The van der Waals surface area contributed by atoms with Crippen LogP contribution in [0.5, 0.6) is 11.5 Å². The van der Waals surface area contributed by atoms with E-state index in [0.717, 1.165) is 5.56 Å². The lowest BCUT2D eigenvalue weighted by molar-refractivity contribution is 0.102.